The van der Waals surface area contributed by atoms with Crippen LogP contribution >= 0.6 is 0 Å². The van der Waals surface area contributed by atoms with Crippen LogP contribution in [-0.4, -0.2) is 21.5 Å². The Labute approximate surface area is 140 Å². The number of rotatable bonds is 3. The van der Waals surface area contributed by atoms with Crippen molar-refractivity contribution >= 4 is 17.2 Å². The van der Waals surface area contributed by atoms with Gasteiger partial charge in [0, 0.05) is 28.6 Å². The van der Waals surface area contributed by atoms with Gasteiger partial charge in [-0.1, -0.05) is 12.1 Å². The third kappa shape index (κ3) is 3.01. The maximum absolute atomic E-state index is 12.8. The number of carbonyl (C=O) groups excluding carboxylic acids is 1. The predicted molar refractivity (Wildman–Crippen MR) is 86.5 cm³/mol. The van der Waals surface area contributed by atoms with E-state index in [1.54, 1.807) is 10.6 Å². The van der Waals surface area contributed by atoms with Gasteiger partial charge in [0.15, 0.2) is 0 Å². The van der Waals surface area contributed by atoms with E-state index in [2.05, 4.69) is 4.98 Å². The van der Waals surface area contributed by atoms with Gasteiger partial charge in [-0.25, -0.2) is 4.98 Å². The number of nitrogen functional groups attached to an aromatic ring is 1. The van der Waals surface area contributed by atoms with Crippen molar-refractivity contribution in [2.45, 2.75) is 12.2 Å². The number of hydrogen-bond acceptors (Lipinski definition) is 4. The van der Waals surface area contributed by atoms with Crippen LogP contribution in [0.2, 0.25) is 0 Å². The van der Waals surface area contributed by atoms with E-state index in [-0.39, 0.29) is 11.3 Å². The molecule has 25 heavy (non-hydrogen) atoms. The highest BCUT2D eigenvalue weighted by Gasteiger charge is 2.38. The summed E-state index contributed by atoms with van der Waals surface area (Å²) >= 11 is 0. The van der Waals surface area contributed by atoms with Gasteiger partial charge >= 0.3 is 6.18 Å². The van der Waals surface area contributed by atoms with Crippen molar-refractivity contribution < 1.29 is 18.0 Å². The Hall–Kier alpha value is -3.07. The summed E-state index contributed by atoms with van der Waals surface area (Å²) in [5.74, 6) is -0.582. The Morgan fingerprint density at radius 1 is 1.20 bits per heavy atom. The average molecular weight is 349 g/mol. The van der Waals surface area contributed by atoms with Crippen molar-refractivity contribution in [2.24, 2.45) is 11.5 Å². The minimum atomic E-state index is -4.58. The van der Waals surface area contributed by atoms with E-state index in [4.69, 9.17) is 17.2 Å². The van der Waals surface area contributed by atoms with Gasteiger partial charge in [0.25, 0.3) is 0 Å². The lowest BCUT2D eigenvalue weighted by Crippen LogP contribution is -2.29. The molecule has 0 saturated carbocycles. The number of benzene rings is 1. The van der Waals surface area contributed by atoms with E-state index in [0.29, 0.717) is 22.5 Å². The zero-order chi connectivity index (χ0) is 18.4. The number of primary amides is 1. The summed E-state index contributed by atoms with van der Waals surface area (Å²) in [5, 5.41) is 0. The molecule has 0 aliphatic rings. The molecule has 0 aliphatic carbocycles. The zero-order valence-electron chi connectivity index (χ0n) is 12.8. The predicted octanol–water partition coefficient (Wildman–Crippen LogP) is 2.24. The first-order valence-electron chi connectivity index (χ1n) is 7.17. The number of imidazole rings is 1. The largest absolute Gasteiger partial charge is 0.407 e. The number of fused-ring (bicyclic) bond motifs is 1. The second-order valence-corrected chi connectivity index (χ2v) is 5.51. The van der Waals surface area contributed by atoms with Crippen molar-refractivity contribution in [1.82, 2.24) is 9.38 Å². The summed E-state index contributed by atoms with van der Waals surface area (Å²) in [7, 11) is 0. The molecule has 6 nitrogen and oxygen atoms in total. The SMILES string of the molecule is NC(=O)c1ccn2c(-c3ccc(C(N)C(F)(F)F)c(N)c3)cnc2c1. The molecule has 6 N–H and O–H groups in total. The number of hydrogen-bond donors (Lipinski definition) is 3. The van der Waals surface area contributed by atoms with Crippen LogP contribution in [0.1, 0.15) is 22.0 Å². The van der Waals surface area contributed by atoms with Crippen LogP contribution in [0.3, 0.4) is 0 Å². The number of nitrogens with two attached hydrogens (primary N) is 3. The third-order valence-electron chi connectivity index (χ3n) is 3.87. The molecule has 1 aromatic carbocycles. The quantitative estimate of drug-likeness (QED) is 0.629. The van der Waals surface area contributed by atoms with Gasteiger partial charge in [-0.15, -0.1) is 0 Å². The first-order chi connectivity index (χ1) is 11.7. The van der Waals surface area contributed by atoms with Crippen LogP contribution in [0.4, 0.5) is 18.9 Å². The first kappa shape index (κ1) is 16.8. The van der Waals surface area contributed by atoms with Crippen molar-refractivity contribution in [3.63, 3.8) is 0 Å². The molecule has 0 saturated heterocycles. The van der Waals surface area contributed by atoms with Crippen molar-refractivity contribution in [3.8, 4) is 11.3 Å². The summed E-state index contributed by atoms with van der Waals surface area (Å²) in [6.45, 7) is 0. The highest BCUT2D eigenvalue weighted by molar-refractivity contribution is 5.93. The fourth-order valence-corrected chi connectivity index (χ4v) is 2.54. The molecule has 0 spiro atoms. The van der Waals surface area contributed by atoms with Crippen LogP contribution < -0.4 is 17.2 Å². The lowest BCUT2D eigenvalue weighted by molar-refractivity contribution is -0.149. The number of alkyl halides is 3. The lowest BCUT2D eigenvalue weighted by Gasteiger charge is -2.18. The fourth-order valence-electron chi connectivity index (χ4n) is 2.54. The van der Waals surface area contributed by atoms with Crippen LogP contribution in [0.15, 0.2) is 42.7 Å². The summed E-state index contributed by atoms with van der Waals surface area (Å²) < 4.78 is 40.0. The first-order valence-corrected chi connectivity index (χ1v) is 7.17. The molecule has 0 radical (unpaired) electrons. The highest BCUT2D eigenvalue weighted by Crippen LogP contribution is 2.35. The second kappa shape index (κ2) is 5.78. The van der Waals surface area contributed by atoms with Crippen LogP contribution in [0, 0.1) is 0 Å². The Balaban J connectivity index is 2.04. The number of aromatic nitrogens is 2. The van der Waals surface area contributed by atoms with Crippen LogP contribution in [-0.2, 0) is 0 Å². The summed E-state index contributed by atoms with van der Waals surface area (Å²) in [6, 6.07) is 5.04. The molecule has 1 atom stereocenters. The maximum Gasteiger partial charge on any atom is 0.407 e. The van der Waals surface area contributed by atoms with Gasteiger partial charge in [-0.05, 0) is 18.2 Å². The molecular formula is C16H14F3N5O. The normalized spacial score (nSPS) is 13.1. The van der Waals surface area contributed by atoms with Gasteiger partial charge in [-0.2, -0.15) is 13.2 Å². The third-order valence-corrected chi connectivity index (χ3v) is 3.87. The van der Waals surface area contributed by atoms with Gasteiger partial charge in [0.1, 0.15) is 11.7 Å². The number of pyridine rings is 1. The number of carbonyl (C=O) groups is 1. The van der Waals surface area contributed by atoms with Gasteiger partial charge in [0.2, 0.25) is 5.91 Å². The van der Waals surface area contributed by atoms with Crippen LogP contribution in [0.25, 0.3) is 16.9 Å². The molecule has 3 aromatic rings. The van der Waals surface area contributed by atoms with Gasteiger partial charge in [0.05, 0.1) is 11.9 Å². The highest BCUT2D eigenvalue weighted by atomic mass is 19.4. The topological polar surface area (TPSA) is 112 Å². The molecule has 2 aromatic heterocycles. The van der Waals surface area contributed by atoms with Gasteiger partial charge in [-0.3, -0.25) is 9.20 Å². The Morgan fingerprint density at radius 3 is 2.52 bits per heavy atom. The number of amides is 1. The van der Waals surface area contributed by atoms with E-state index < -0.39 is 18.1 Å². The second-order valence-electron chi connectivity index (χ2n) is 5.51. The molecule has 3 rings (SSSR count). The Morgan fingerprint density at radius 2 is 1.92 bits per heavy atom. The summed E-state index contributed by atoms with van der Waals surface area (Å²) in [5.41, 5.74) is 17.9. The number of halogens is 3. The molecule has 1 amide bonds. The fraction of sp³-hybridized carbons (Fsp3) is 0.125. The van der Waals surface area contributed by atoms with E-state index >= 15 is 0 Å². The molecule has 2 heterocycles. The average Bonchev–Trinajstić information content (AvgIpc) is 2.96. The van der Waals surface area contributed by atoms with Crippen molar-refractivity contribution in [2.75, 3.05) is 5.73 Å². The molecular weight excluding hydrogens is 335 g/mol. The Kier molecular flexibility index (Phi) is 3.88. The summed E-state index contributed by atoms with van der Waals surface area (Å²) in [4.78, 5) is 15.4. The maximum atomic E-state index is 12.8. The standard InChI is InChI=1S/C16H14F3N5O/c17-16(18,19)14(21)10-2-1-8(5-11(10)20)12-7-23-13-6-9(15(22)25)3-4-24(12)13/h1-7,14H,20-21H2,(H2,22,25). The molecule has 9 heteroatoms. The number of nitrogens with zero attached hydrogens (tertiary/aromatic N) is 2. The van der Waals surface area contributed by atoms with Crippen molar-refractivity contribution in [1.29, 1.82) is 0 Å². The van der Waals surface area contributed by atoms with E-state index in [9.17, 15) is 18.0 Å². The molecule has 0 aliphatic heterocycles. The van der Waals surface area contributed by atoms with Gasteiger partial charge < -0.3 is 17.2 Å². The minimum Gasteiger partial charge on any atom is -0.398 e. The zero-order valence-corrected chi connectivity index (χ0v) is 12.8. The molecule has 0 fully saturated rings. The van der Waals surface area contributed by atoms with Crippen LogP contribution in [0.5, 0.6) is 0 Å². The Bertz CT molecular complexity index is 964. The molecule has 130 valence electrons. The number of anilines is 1. The van der Waals surface area contributed by atoms with E-state index in [0.717, 1.165) is 0 Å². The monoisotopic (exact) mass is 349 g/mol. The minimum absolute atomic E-state index is 0.0639. The van der Waals surface area contributed by atoms with Crippen molar-refractivity contribution in [3.05, 3.63) is 53.9 Å². The molecule has 0 bridgehead atoms. The van der Waals surface area contributed by atoms with E-state index in [1.807, 2.05) is 0 Å². The summed E-state index contributed by atoms with van der Waals surface area (Å²) in [6.07, 6.45) is -1.45. The lowest BCUT2D eigenvalue weighted by atomic mass is 10.0. The smallest absolute Gasteiger partial charge is 0.398 e. The van der Waals surface area contributed by atoms with E-state index in [1.165, 1.54) is 36.5 Å². The molecule has 1 unspecified atom stereocenters.